The van der Waals surface area contributed by atoms with Gasteiger partial charge in [-0.25, -0.2) is 26.2 Å². The lowest BCUT2D eigenvalue weighted by Gasteiger charge is -2.10. The molecule has 0 fully saturated rings. The Morgan fingerprint density at radius 3 is 2.45 bits per heavy atom. The minimum Gasteiger partial charge on any atom is -1.00 e. The van der Waals surface area contributed by atoms with E-state index in [1.54, 1.807) is 12.1 Å². The van der Waals surface area contributed by atoms with Crippen molar-refractivity contribution in [3.63, 3.8) is 0 Å². The Hall–Kier alpha value is -3.01. The smallest absolute Gasteiger partial charge is 1.00 e. The first kappa shape index (κ1) is 21.2. The average Bonchev–Trinajstić information content (AvgIpc) is 3.13. The van der Waals surface area contributed by atoms with Gasteiger partial charge in [0.2, 0.25) is 5.28 Å². The summed E-state index contributed by atoms with van der Waals surface area (Å²) in [4.78, 5) is 21.4. The summed E-state index contributed by atoms with van der Waals surface area (Å²) in [5.74, 6) is -0.727. The molecule has 0 saturated heterocycles. The Labute approximate surface area is 187 Å². The number of hydrogen-bond donors (Lipinski definition) is 0. The molecule has 0 atom stereocenters. The Kier molecular flexibility index (Phi) is 5.00. The normalized spacial score (nSPS) is 11.8. The highest BCUT2D eigenvalue weighted by Crippen LogP contribution is 2.26. The molecule has 0 amide bonds. The highest BCUT2D eigenvalue weighted by molar-refractivity contribution is 7.90. The van der Waals surface area contributed by atoms with Crippen molar-refractivity contribution in [3.05, 3.63) is 81.7 Å². The summed E-state index contributed by atoms with van der Waals surface area (Å²) in [5, 5.41) is -0.248. The third kappa shape index (κ3) is 3.08. The number of rotatable bonds is 2. The monoisotopic (exact) mass is 478 g/mol. The summed E-state index contributed by atoms with van der Waals surface area (Å²) in [6, 6.07) is 12.0. The molecule has 3 aromatic heterocycles. The minimum absolute atomic E-state index is 0. The molecule has 158 valence electrons. The van der Waals surface area contributed by atoms with E-state index in [1.165, 1.54) is 36.5 Å². The quantitative estimate of drug-likeness (QED) is 0.274. The van der Waals surface area contributed by atoms with Gasteiger partial charge in [0.15, 0.2) is 11.3 Å². The van der Waals surface area contributed by atoms with Gasteiger partial charge in [0, 0.05) is 6.20 Å². The zero-order valence-corrected chi connectivity index (χ0v) is 18.1. The maximum absolute atomic E-state index is 14.2. The van der Waals surface area contributed by atoms with Gasteiger partial charge in [0.05, 0.1) is 15.8 Å². The molecule has 0 spiro atoms. The Morgan fingerprint density at radius 2 is 1.74 bits per heavy atom. The van der Waals surface area contributed by atoms with E-state index >= 15 is 0 Å². The van der Waals surface area contributed by atoms with Crippen LogP contribution in [0.2, 0.25) is 5.28 Å². The Bertz CT molecular complexity index is 1670. The summed E-state index contributed by atoms with van der Waals surface area (Å²) in [6.07, 6.45) is 1.32. The molecule has 0 unspecified atom stereocenters. The van der Waals surface area contributed by atoms with E-state index in [1.807, 2.05) is 6.92 Å². The van der Waals surface area contributed by atoms with Gasteiger partial charge in [0.25, 0.3) is 15.6 Å². The highest BCUT2D eigenvalue weighted by Gasteiger charge is 2.23. The van der Waals surface area contributed by atoms with E-state index in [2.05, 4.69) is 9.97 Å². The second-order valence-corrected chi connectivity index (χ2v) is 8.91. The van der Waals surface area contributed by atoms with Crippen LogP contribution in [0.15, 0.2) is 64.4 Å². The summed E-state index contributed by atoms with van der Waals surface area (Å²) < 4.78 is 42.4. The number of nitrogens with zero attached hydrogens (tertiary/aromatic N) is 4. The van der Waals surface area contributed by atoms with Crippen LogP contribution in [-0.4, -0.2) is 26.8 Å². The molecular weight excluding hydrogens is 466 g/mol. The fourth-order valence-corrected chi connectivity index (χ4v) is 4.92. The van der Waals surface area contributed by atoms with E-state index in [9.17, 15) is 17.6 Å². The molecule has 0 saturated carbocycles. The van der Waals surface area contributed by atoms with Gasteiger partial charge in [-0.3, -0.25) is 4.79 Å². The first-order valence-electron chi connectivity index (χ1n) is 8.79. The van der Waals surface area contributed by atoms with Crippen LogP contribution in [0.1, 0.15) is 6.99 Å². The molecule has 5 aromatic rings. The summed E-state index contributed by atoms with van der Waals surface area (Å²) in [7, 11) is -3.96. The van der Waals surface area contributed by atoms with Gasteiger partial charge in [-0.1, -0.05) is 23.8 Å². The van der Waals surface area contributed by atoms with Crippen molar-refractivity contribution in [1.29, 1.82) is 0 Å². The SMILES string of the molecule is Cc1ccc(S(=O)(=O)n2ccc3c2nc(Cl)n2c(=O)c4c(F)cccc4nc32)cc1.[Cl-].[H+]. The molecule has 0 bridgehead atoms. The zero-order chi connectivity index (χ0) is 21.2. The second-order valence-electron chi connectivity index (χ2n) is 6.76. The van der Waals surface area contributed by atoms with Crippen LogP contribution in [0.3, 0.4) is 0 Å². The molecule has 11 heteroatoms. The van der Waals surface area contributed by atoms with E-state index in [4.69, 9.17) is 11.6 Å². The third-order valence-electron chi connectivity index (χ3n) is 4.87. The maximum atomic E-state index is 14.2. The van der Waals surface area contributed by atoms with Crippen LogP contribution < -0.4 is 18.0 Å². The molecule has 0 aliphatic heterocycles. The molecule has 7 nitrogen and oxygen atoms in total. The minimum atomic E-state index is -3.96. The number of aromatic nitrogens is 4. The van der Waals surface area contributed by atoms with E-state index in [0.717, 1.165) is 20.0 Å². The van der Waals surface area contributed by atoms with Crippen molar-refractivity contribution in [2.24, 2.45) is 0 Å². The molecular formula is C20H13Cl2FN4O3S. The summed E-state index contributed by atoms with van der Waals surface area (Å²) in [6.45, 7) is 1.85. The number of fused-ring (bicyclic) bond motifs is 4. The van der Waals surface area contributed by atoms with Crippen molar-refractivity contribution in [2.45, 2.75) is 11.8 Å². The third-order valence-corrected chi connectivity index (χ3v) is 6.81. The van der Waals surface area contributed by atoms with Crippen LogP contribution in [-0.2, 0) is 10.0 Å². The Morgan fingerprint density at radius 1 is 1.03 bits per heavy atom. The van der Waals surface area contributed by atoms with Crippen molar-refractivity contribution in [3.8, 4) is 0 Å². The van der Waals surface area contributed by atoms with E-state index in [-0.39, 0.29) is 46.2 Å². The predicted octanol–water partition coefficient (Wildman–Crippen LogP) is 0.652. The van der Waals surface area contributed by atoms with Gasteiger partial charge >= 0.3 is 1.43 Å². The lowest BCUT2D eigenvalue weighted by Crippen LogP contribution is -3.00. The fourth-order valence-electron chi connectivity index (χ4n) is 3.39. The first-order chi connectivity index (χ1) is 14.3. The average molecular weight is 479 g/mol. The largest absolute Gasteiger partial charge is 1.00 e. The molecule has 0 aliphatic carbocycles. The molecule has 2 aromatic carbocycles. The first-order valence-corrected chi connectivity index (χ1v) is 10.6. The van der Waals surface area contributed by atoms with Crippen molar-refractivity contribution in [1.82, 2.24) is 18.3 Å². The Balaban J connectivity index is 0.00000144. The standard InChI is InChI=1S/C20H12ClFN4O3S.ClH/c1-11-5-7-12(8-6-11)30(28,29)25-10-9-13-17(25)24-20(21)26-18(13)23-15-4-2-3-14(22)16(15)19(26)27;/h2-10H,1H3;1H. The molecule has 0 N–H and O–H groups in total. The molecule has 3 heterocycles. The predicted molar refractivity (Wildman–Crippen MR) is 112 cm³/mol. The van der Waals surface area contributed by atoms with Crippen molar-refractivity contribution < 1.29 is 26.6 Å². The van der Waals surface area contributed by atoms with Gasteiger partial charge in [-0.05, 0) is 48.9 Å². The van der Waals surface area contributed by atoms with Crippen LogP contribution in [0.4, 0.5) is 4.39 Å². The van der Waals surface area contributed by atoms with Gasteiger partial charge in [-0.15, -0.1) is 0 Å². The molecule has 0 radical (unpaired) electrons. The van der Waals surface area contributed by atoms with Crippen LogP contribution >= 0.6 is 11.6 Å². The number of halogens is 3. The second kappa shape index (κ2) is 7.30. The number of aryl methyl sites for hydroxylation is 1. The van der Waals surface area contributed by atoms with Crippen LogP contribution in [0.5, 0.6) is 0 Å². The number of benzene rings is 2. The highest BCUT2D eigenvalue weighted by atomic mass is 35.5. The summed E-state index contributed by atoms with van der Waals surface area (Å²) >= 11 is 6.22. The molecule has 31 heavy (non-hydrogen) atoms. The van der Waals surface area contributed by atoms with Crippen LogP contribution in [0, 0.1) is 12.7 Å². The van der Waals surface area contributed by atoms with E-state index in [0.29, 0.717) is 5.39 Å². The lowest BCUT2D eigenvalue weighted by atomic mass is 10.2. The zero-order valence-electron chi connectivity index (χ0n) is 16.8. The topological polar surface area (TPSA) is 86.3 Å². The molecule has 5 rings (SSSR count). The lowest BCUT2D eigenvalue weighted by molar-refractivity contribution is -0.00000918. The van der Waals surface area contributed by atoms with Gasteiger partial charge in [0.1, 0.15) is 11.2 Å². The van der Waals surface area contributed by atoms with Crippen molar-refractivity contribution >= 4 is 49.2 Å². The molecule has 0 aliphatic rings. The van der Waals surface area contributed by atoms with Crippen molar-refractivity contribution in [2.75, 3.05) is 0 Å². The fraction of sp³-hybridized carbons (Fsp3) is 0.0500. The van der Waals surface area contributed by atoms with Gasteiger partial charge in [-0.2, -0.15) is 4.98 Å². The van der Waals surface area contributed by atoms with E-state index < -0.39 is 21.4 Å². The summed E-state index contributed by atoms with van der Waals surface area (Å²) in [5.41, 5.74) is 0.440. The number of hydrogen-bond acceptors (Lipinski definition) is 5. The maximum Gasteiger partial charge on any atom is 1.00 e. The van der Waals surface area contributed by atoms with Crippen LogP contribution in [0.25, 0.3) is 27.6 Å². The van der Waals surface area contributed by atoms with Gasteiger partial charge < -0.3 is 12.4 Å².